The number of hydrogen-bond acceptors (Lipinski definition) is 3. The highest BCUT2D eigenvalue weighted by Crippen LogP contribution is 2.06. The van der Waals surface area contributed by atoms with Crippen molar-refractivity contribution in [2.24, 2.45) is 5.92 Å². The summed E-state index contributed by atoms with van der Waals surface area (Å²) in [7, 11) is 1.42. The highest BCUT2D eigenvalue weighted by atomic mass is 16.5. The molecule has 88 valence electrons. The summed E-state index contributed by atoms with van der Waals surface area (Å²) in [6.07, 6.45) is 0. The number of ether oxygens (including phenoxy) is 1. The molecule has 0 radical (unpaired) electrons. The maximum atomic E-state index is 11.3. The average Bonchev–Trinajstić information content (AvgIpc) is 2.35. The van der Waals surface area contributed by atoms with Crippen molar-refractivity contribution in [1.29, 1.82) is 0 Å². The number of rotatable bonds is 5. The first-order valence-corrected chi connectivity index (χ1v) is 5.50. The SMILES string of the molecule is COC(=O)[C@@H](C)[C@@H](C)NCc1ccccc1. The first-order valence-electron chi connectivity index (χ1n) is 5.50. The molecule has 3 heteroatoms. The van der Waals surface area contributed by atoms with E-state index in [4.69, 9.17) is 4.74 Å². The van der Waals surface area contributed by atoms with Crippen LogP contribution in [-0.4, -0.2) is 19.1 Å². The first kappa shape index (κ1) is 12.7. The molecular formula is C13H19NO2. The standard InChI is InChI=1S/C13H19NO2/c1-10(13(15)16-3)11(2)14-9-12-7-5-4-6-8-12/h4-8,10-11,14H,9H2,1-3H3/t10-,11+/m0/s1. The predicted octanol–water partition coefficient (Wildman–Crippen LogP) is 1.97. The topological polar surface area (TPSA) is 38.3 Å². The molecule has 1 aromatic carbocycles. The van der Waals surface area contributed by atoms with Crippen molar-refractivity contribution in [3.63, 3.8) is 0 Å². The van der Waals surface area contributed by atoms with Crippen molar-refractivity contribution < 1.29 is 9.53 Å². The van der Waals surface area contributed by atoms with E-state index in [0.717, 1.165) is 6.54 Å². The van der Waals surface area contributed by atoms with Crippen LogP contribution in [-0.2, 0) is 16.1 Å². The van der Waals surface area contributed by atoms with Crippen molar-refractivity contribution >= 4 is 5.97 Å². The molecule has 0 fully saturated rings. The summed E-state index contributed by atoms with van der Waals surface area (Å²) < 4.78 is 4.71. The quantitative estimate of drug-likeness (QED) is 0.773. The highest BCUT2D eigenvalue weighted by Gasteiger charge is 2.19. The van der Waals surface area contributed by atoms with Crippen LogP contribution in [0.1, 0.15) is 19.4 Å². The molecule has 0 aliphatic rings. The fourth-order valence-corrected chi connectivity index (χ4v) is 1.44. The third-order valence-electron chi connectivity index (χ3n) is 2.79. The van der Waals surface area contributed by atoms with E-state index >= 15 is 0 Å². The Bertz CT molecular complexity index is 324. The molecule has 0 bridgehead atoms. The largest absolute Gasteiger partial charge is 0.469 e. The van der Waals surface area contributed by atoms with Gasteiger partial charge in [0.1, 0.15) is 0 Å². The average molecular weight is 221 g/mol. The van der Waals surface area contributed by atoms with Gasteiger partial charge in [-0.05, 0) is 12.5 Å². The van der Waals surface area contributed by atoms with E-state index in [0.29, 0.717) is 0 Å². The molecule has 0 heterocycles. The molecule has 0 aromatic heterocycles. The van der Waals surface area contributed by atoms with E-state index in [1.54, 1.807) is 0 Å². The minimum atomic E-state index is -0.173. The number of esters is 1. The molecule has 0 spiro atoms. The lowest BCUT2D eigenvalue weighted by Gasteiger charge is -2.19. The van der Waals surface area contributed by atoms with E-state index in [-0.39, 0.29) is 17.9 Å². The van der Waals surface area contributed by atoms with Gasteiger partial charge in [0.15, 0.2) is 0 Å². The lowest BCUT2D eigenvalue weighted by molar-refractivity contribution is -0.145. The van der Waals surface area contributed by atoms with Gasteiger partial charge in [0.25, 0.3) is 0 Å². The molecule has 0 aliphatic heterocycles. The second-order valence-electron chi connectivity index (χ2n) is 3.97. The summed E-state index contributed by atoms with van der Waals surface area (Å²) in [5.41, 5.74) is 1.21. The normalized spacial score (nSPS) is 14.2. The Kier molecular flexibility index (Phi) is 4.99. The fourth-order valence-electron chi connectivity index (χ4n) is 1.44. The summed E-state index contributed by atoms with van der Waals surface area (Å²) >= 11 is 0. The maximum Gasteiger partial charge on any atom is 0.309 e. The third-order valence-corrected chi connectivity index (χ3v) is 2.79. The molecule has 16 heavy (non-hydrogen) atoms. The molecule has 0 amide bonds. The molecule has 0 aliphatic carbocycles. The molecule has 0 saturated heterocycles. The van der Waals surface area contributed by atoms with E-state index in [9.17, 15) is 4.79 Å². The number of methoxy groups -OCH3 is 1. The second kappa shape index (κ2) is 6.28. The first-order chi connectivity index (χ1) is 7.65. The highest BCUT2D eigenvalue weighted by molar-refractivity contribution is 5.72. The molecule has 3 nitrogen and oxygen atoms in total. The number of hydrogen-bond donors (Lipinski definition) is 1. The zero-order valence-corrected chi connectivity index (χ0v) is 10.1. The fraction of sp³-hybridized carbons (Fsp3) is 0.462. The van der Waals surface area contributed by atoms with E-state index in [1.807, 2.05) is 32.0 Å². The van der Waals surface area contributed by atoms with Crippen LogP contribution in [0.5, 0.6) is 0 Å². The summed E-state index contributed by atoms with van der Waals surface area (Å²) in [4.78, 5) is 11.3. The Labute approximate surface area is 96.8 Å². The molecule has 1 aromatic rings. The predicted molar refractivity (Wildman–Crippen MR) is 63.9 cm³/mol. The summed E-state index contributed by atoms with van der Waals surface area (Å²) in [6, 6.07) is 10.2. The van der Waals surface area contributed by atoms with Crippen LogP contribution in [0.2, 0.25) is 0 Å². The number of benzene rings is 1. The van der Waals surface area contributed by atoms with Crippen molar-refractivity contribution in [3.05, 3.63) is 35.9 Å². The van der Waals surface area contributed by atoms with Gasteiger partial charge < -0.3 is 10.1 Å². The maximum absolute atomic E-state index is 11.3. The third kappa shape index (κ3) is 3.66. The minimum absolute atomic E-state index is 0.104. The molecule has 2 atom stereocenters. The molecule has 0 unspecified atom stereocenters. The Morgan fingerprint density at radius 2 is 1.94 bits per heavy atom. The van der Waals surface area contributed by atoms with E-state index < -0.39 is 0 Å². The number of carbonyl (C=O) groups is 1. The van der Waals surface area contributed by atoms with E-state index in [2.05, 4.69) is 17.4 Å². The van der Waals surface area contributed by atoms with E-state index in [1.165, 1.54) is 12.7 Å². The lowest BCUT2D eigenvalue weighted by Crippen LogP contribution is -2.36. The van der Waals surface area contributed by atoms with Gasteiger partial charge in [0, 0.05) is 12.6 Å². The summed E-state index contributed by atoms with van der Waals surface area (Å²) in [5.74, 6) is -0.304. The van der Waals surface area contributed by atoms with Gasteiger partial charge in [-0.1, -0.05) is 37.3 Å². The van der Waals surface area contributed by atoms with Gasteiger partial charge in [-0.2, -0.15) is 0 Å². The Morgan fingerprint density at radius 1 is 1.31 bits per heavy atom. The zero-order valence-electron chi connectivity index (χ0n) is 10.1. The molecule has 0 saturated carbocycles. The van der Waals surface area contributed by atoms with Crippen LogP contribution in [0.25, 0.3) is 0 Å². The van der Waals surface area contributed by atoms with Gasteiger partial charge in [-0.25, -0.2) is 0 Å². The molecule has 1 N–H and O–H groups in total. The lowest BCUT2D eigenvalue weighted by atomic mass is 10.0. The van der Waals surface area contributed by atoms with Crippen LogP contribution >= 0.6 is 0 Å². The Balaban J connectivity index is 2.41. The van der Waals surface area contributed by atoms with Crippen LogP contribution in [0.4, 0.5) is 0 Å². The van der Waals surface area contributed by atoms with Crippen LogP contribution in [0.3, 0.4) is 0 Å². The van der Waals surface area contributed by atoms with Crippen LogP contribution in [0, 0.1) is 5.92 Å². The second-order valence-corrected chi connectivity index (χ2v) is 3.97. The van der Waals surface area contributed by atoms with Crippen LogP contribution < -0.4 is 5.32 Å². The zero-order chi connectivity index (χ0) is 12.0. The summed E-state index contributed by atoms with van der Waals surface area (Å²) in [5, 5.41) is 3.31. The Hall–Kier alpha value is -1.35. The van der Waals surface area contributed by atoms with Gasteiger partial charge in [0.05, 0.1) is 13.0 Å². The van der Waals surface area contributed by atoms with Crippen molar-refractivity contribution in [2.75, 3.05) is 7.11 Å². The van der Waals surface area contributed by atoms with Gasteiger partial charge in [-0.3, -0.25) is 4.79 Å². The monoisotopic (exact) mass is 221 g/mol. The van der Waals surface area contributed by atoms with Gasteiger partial charge >= 0.3 is 5.97 Å². The van der Waals surface area contributed by atoms with Crippen molar-refractivity contribution in [1.82, 2.24) is 5.32 Å². The van der Waals surface area contributed by atoms with Crippen LogP contribution in [0.15, 0.2) is 30.3 Å². The van der Waals surface area contributed by atoms with Gasteiger partial charge in [-0.15, -0.1) is 0 Å². The van der Waals surface area contributed by atoms with Gasteiger partial charge in [0.2, 0.25) is 0 Å². The minimum Gasteiger partial charge on any atom is -0.469 e. The molecule has 1 rings (SSSR count). The smallest absolute Gasteiger partial charge is 0.309 e. The van der Waals surface area contributed by atoms with Crippen molar-refractivity contribution in [2.45, 2.75) is 26.4 Å². The molecular weight excluding hydrogens is 202 g/mol. The van der Waals surface area contributed by atoms with Crippen molar-refractivity contribution in [3.8, 4) is 0 Å². The summed E-state index contributed by atoms with van der Waals surface area (Å²) in [6.45, 7) is 4.63. The Morgan fingerprint density at radius 3 is 2.50 bits per heavy atom. The number of carbonyl (C=O) groups excluding carboxylic acids is 1. The number of nitrogens with one attached hydrogen (secondary N) is 1.